The summed E-state index contributed by atoms with van der Waals surface area (Å²) in [6.07, 6.45) is 8.55. The van der Waals surface area contributed by atoms with E-state index in [2.05, 4.69) is 44.2 Å². The minimum Gasteiger partial charge on any atom is -0.382 e. The van der Waals surface area contributed by atoms with Crippen LogP contribution >= 0.6 is 0 Å². The van der Waals surface area contributed by atoms with Gasteiger partial charge in [-0.15, -0.1) is 0 Å². The first kappa shape index (κ1) is 22.3. The van der Waals surface area contributed by atoms with Crippen molar-refractivity contribution in [1.29, 1.82) is 0 Å². The molecule has 0 spiro atoms. The SMILES string of the molecule is CCC1CCc2cc(-c3cnc(N)c(C(=O)Cc4cnccc4N4CCOCC4)n3)ccc2N1. The molecule has 5 rings (SSSR count). The largest absolute Gasteiger partial charge is 0.382 e. The maximum absolute atomic E-state index is 13.3. The van der Waals surface area contributed by atoms with Crippen LogP contribution < -0.4 is 16.0 Å². The van der Waals surface area contributed by atoms with Crippen LogP contribution in [0.15, 0.2) is 42.9 Å². The van der Waals surface area contributed by atoms with E-state index in [1.165, 1.54) is 11.3 Å². The minimum atomic E-state index is -0.167. The maximum atomic E-state index is 13.3. The van der Waals surface area contributed by atoms with Crippen LogP contribution in [-0.4, -0.2) is 53.1 Å². The first-order valence-electron chi connectivity index (χ1n) is 11.9. The van der Waals surface area contributed by atoms with Gasteiger partial charge in [0.1, 0.15) is 5.69 Å². The maximum Gasteiger partial charge on any atom is 0.189 e. The van der Waals surface area contributed by atoms with Gasteiger partial charge in [0.25, 0.3) is 0 Å². The number of carbonyl (C=O) groups excluding carboxylic acids is 1. The summed E-state index contributed by atoms with van der Waals surface area (Å²) in [5.41, 5.74) is 12.2. The number of nitrogens with one attached hydrogen (secondary N) is 1. The molecular formula is C26H30N6O2. The minimum absolute atomic E-state index is 0.149. The predicted octanol–water partition coefficient (Wildman–Crippen LogP) is 3.52. The number of anilines is 3. The summed E-state index contributed by atoms with van der Waals surface area (Å²) in [7, 11) is 0. The Bertz CT molecular complexity index is 1190. The lowest BCUT2D eigenvalue weighted by Crippen LogP contribution is -2.37. The summed E-state index contributed by atoms with van der Waals surface area (Å²) < 4.78 is 5.47. The van der Waals surface area contributed by atoms with Crippen molar-refractivity contribution in [3.05, 3.63) is 59.7 Å². The lowest BCUT2D eigenvalue weighted by atomic mass is 9.94. The molecule has 8 nitrogen and oxygen atoms in total. The van der Waals surface area contributed by atoms with Gasteiger partial charge in [0, 0.05) is 60.4 Å². The topological polar surface area (TPSA) is 106 Å². The van der Waals surface area contributed by atoms with Crippen molar-refractivity contribution in [1.82, 2.24) is 15.0 Å². The fourth-order valence-corrected chi connectivity index (χ4v) is 4.70. The number of hydrogen-bond acceptors (Lipinski definition) is 8. The van der Waals surface area contributed by atoms with Gasteiger partial charge in [0.2, 0.25) is 0 Å². The van der Waals surface area contributed by atoms with Crippen molar-refractivity contribution in [3.63, 3.8) is 0 Å². The fraction of sp³-hybridized carbons (Fsp3) is 0.385. The van der Waals surface area contributed by atoms with Gasteiger partial charge in [-0.1, -0.05) is 13.0 Å². The zero-order valence-electron chi connectivity index (χ0n) is 19.5. The number of pyridine rings is 1. The van der Waals surface area contributed by atoms with Gasteiger partial charge < -0.3 is 20.7 Å². The number of benzene rings is 1. The molecule has 1 atom stereocenters. The van der Waals surface area contributed by atoms with Crippen molar-refractivity contribution in [2.45, 2.75) is 38.6 Å². The molecular weight excluding hydrogens is 428 g/mol. The molecule has 176 valence electrons. The first-order valence-corrected chi connectivity index (χ1v) is 11.9. The molecule has 0 saturated carbocycles. The van der Waals surface area contributed by atoms with E-state index in [0.29, 0.717) is 24.9 Å². The quantitative estimate of drug-likeness (QED) is 0.541. The van der Waals surface area contributed by atoms with E-state index in [9.17, 15) is 4.79 Å². The van der Waals surface area contributed by atoms with E-state index >= 15 is 0 Å². The third-order valence-corrected chi connectivity index (χ3v) is 6.66. The van der Waals surface area contributed by atoms with Crippen molar-refractivity contribution >= 4 is 23.0 Å². The highest BCUT2D eigenvalue weighted by atomic mass is 16.5. The zero-order valence-corrected chi connectivity index (χ0v) is 19.5. The molecule has 3 N–H and O–H groups in total. The predicted molar refractivity (Wildman–Crippen MR) is 133 cm³/mol. The highest BCUT2D eigenvalue weighted by molar-refractivity contribution is 6.00. The third-order valence-electron chi connectivity index (χ3n) is 6.66. The fourth-order valence-electron chi connectivity index (χ4n) is 4.70. The molecule has 1 unspecified atom stereocenters. The smallest absolute Gasteiger partial charge is 0.189 e. The second kappa shape index (κ2) is 9.77. The van der Waals surface area contributed by atoms with Crippen LogP contribution in [0.3, 0.4) is 0 Å². The summed E-state index contributed by atoms with van der Waals surface area (Å²) in [4.78, 5) is 28.7. The van der Waals surface area contributed by atoms with Crippen LogP contribution in [-0.2, 0) is 17.6 Å². The molecule has 2 aliphatic rings. The Labute approximate surface area is 199 Å². The van der Waals surface area contributed by atoms with Crippen LogP contribution in [0.5, 0.6) is 0 Å². The Morgan fingerprint density at radius 2 is 2.09 bits per heavy atom. The van der Waals surface area contributed by atoms with E-state index < -0.39 is 0 Å². The lowest BCUT2D eigenvalue weighted by Gasteiger charge is -2.30. The van der Waals surface area contributed by atoms with Gasteiger partial charge in [-0.25, -0.2) is 9.97 Å². The number of fused-ring (bicyclic) bond motifs is 1. The number of nitrogens with zero attached hydrogens (tertiary/aromatic N) is 4. The average Bonchev–Trinajstić information content (AvgIpc) is 2.89. The Hall–Kier alpha value is -3.52. The van der Waals surface area contributed by atoms with E-state index in [4.69, 9.17) is 10.5 Å². The summed E-state index contributed by atoms with van der Waals surface area (Å²) in [5.74, 6) is -0.0178. The second-order valence-electron chi connectivity index (χ2n) is 8.85. The number of aryl methyl sites for hydroxylation is 1. The summed E-state index contributed by atoms with van der Waals surface area (Å²) in [5, 5.41) is 3.60. The molecule has 2 aromatic heterocycles. The molecule has 34 heavy (non-hydrogen) atoms. The number of nitrogen functional groups attached to an aromatic ring is 1. The van der Waals surface area contributed by atoms with Crippen molar-refractivity contribution in [2.24, 2.45) is 0 Å². The van der Waals surface area contributed by atoms with E-state index in [-0.39, 0.29) is 23.7 Å². The number of rotatable bonds is 6. The Kier molecular flexibility index (Phi) is 6.40. The van der Waals surface area contributed by atoms with E-state index in [0.717, 1.165) is 49.2 Å². The normalized spacial score (nSPS) is 17.7. The zero-order chi connectivity index (χ0) is 23.5. The highest BCUT2D eigenvalue weighted by Gasteiger charge is 2.21. The second-order valence-corrected chi connectivity index (χ2v) is 8.85. The van der Waals surface area contributed by atoms with Gasteiger partial charge in [-0.2, -0.15) is 0 Å². The van der Waals surface area contributed by atoms with Crippen molar-refractivity contribution < 1.29 is 9.53 Å². The molecule has 1 fully saturated rings. The summed E-state index contributed by atoms with van der Waals surface area (Å²) in [6.45, 7) is 5.12. The monoisotopic (exact) mass is 458 g/mol. The van der Waals surface area contributed by atoms with E-state index in [1.54, 1.807) is 18.6 Å². The van der Waals surface area contributed by atoms with Gasteiger partial charge >= 0.3 is 0 Å². The average molecular weight is 459 g/mol. The van der Waals surface area contributed by atoms with E-state index in [1.807, 2.05) is 12.1 Å². The number of morpholine rings is 1. The van der Waals surface area contributed by atoms with Crippen LogP contribution in [0.1, 0.15) is 41.4 Å². The highest BCUT2D eigenvalue weighted by Crippen LogP contribution is 2.30. The number of carbonyl (C=O) groups is 1. The van der Waals surface area contributed by atoms with Gasteiger partial charge in [0.05, 0.1) is 25.1 Å². The Morgan fingerprint density at radius 1 is 1.24 bits per heavy atom. The van der Waals surface area contributed by atoms with Crippen molar-refractivity contribution in [2.75, 3.05) is 42.3 Å². The molecule has 0 radical (unpaired) electrons. The Morgan fingerprint density at radius 3 is 2.91 bits per heavy atom. The molecule has 0 amide bonds. The standard InChI is InChI=1S/C26H30N6O2/c1-2-20-5-3-17-13-18(4-6-21(17)30-20)22-16-29-26(27)25(31-22)24(33)14-19-15-28-8-7-23(19)32-9-11-34-12-10-32/h4,6-8,13,15-16,20,30H,2-3,5,9-12,14H2,1H3,(H2,27,29). The molecule has 8 heteroatoms. The number of Topliss-reactive ketones (excluding diaryl/α,β-unsaturated/α-hetero) is 1. The number of aromatic nitrogens is 3. The Balaban J connectivity index is 1.39. The van der Waals surface area contributed by atoms with Crippen molar-refractivity contribution in [3.8, 4) is 11.3 Å². The third kappa shape index (κ3) is 4.59. The molecule has 1 aromatic carbocycles. The molecule has 0 bridgehead atoms. The number of ketones is 1. The lowest BCUT2D eigenvalue weighted by molar-refractivity contribution is 0.0988. The molecule has 1 saturated heterocycles. The number of ether oxygens (including phenoxy) is 1. The van der Waals surface area contributed by atoms with Gasteiger partial charge in [-0.3, -0.25) is 9.78 Å². The molecule has 3 aromatic rings. The number of hydrogen-bond donors (Lipinski definition) is 2. The summed E-state index contributed by atoms with van der Waals surface area (Å²) in [6, 6.07) is 8.73. The van der Waals surface area contributed by atoms with Crippen LogP contribution in [0, 0.1) is 0 Å². The summed E-state index contributed by atoms with van der Waals surface area (Å²) >= 11 is 0. The first-order chi connectivity index (χ1) is 16.6. The van der Waals surface area contributed by atoms with Crippen LogP contribution in [0.25, 0.3) is 11.3 Å². The molecule has 0 aliphatic carbocycles. The van der Waals surface area contributed by atoms with Crippen LogP contribution in [0.2, 0.25) is 0 Å². The molecule has 4 heterocycles. The van der Waals surface area contributed by atoms with Crippen LogP contribution in [0.4, 0.5) is 17.2 Å². The number of nitrogens with two attached hydrogens (primary N) is 1. The van der Waals surface area contributed by atoms with Gasteiger partial charge in [-0.05, 0) is 43.0 Å². The van der Waals surface area contributed by atoms with Gasteiger partial charge in [0.15, 0.2) is 11.6 Å². The molecule has 2 aliphatic heterocycles.